The van der Waals surface area contributed by atoms with Crippen molar-refractivity contribution in [2.75, 3.05) is 0 Å². The van der Waals surface area contributed by atoms with Crippen LogP contribution in [-0.4, -0.2) is 17.1 Å². The molecule has 1 aliphatic rings. The van der Waals surface area contributed by atoms with Gasteiger partial charge in [0.1, 0.15) is 5.75 Å². The minimum Gasteiger partial charge on any atom is -0.508 e. The molecule has 1 aromatic carbocycles. The number of aromatic hydroxyl groups is 1. The van der Waals surface area contributed by atoms with Crippen molar-refractivity contribution in [1.82, 2.24) is 5.32 Å². The van der Waals surface area contributed by atoms with Crippen molar-refractivity contribution < 1.29 is 9.90 Å². The molecule has 0 spiro atoms. The highest BCUT2D eigenvalue weighted by molar-refractivity contribution is 5.94. The van der Waals surface area contributed by atoms with Crippen LogP contribution in [0, 0.1) is 18.8 Å². The lowest BCUT2D eigenvalue weighted by Gasteiger charge is -2.32. The standard InChI is InChI=1S/C16H23NO2/c1-10-5-7-14(8-12(10)3)17-16(19)13-6-4-11(2)15(18)9-13/h4,6,9-10,12,14,18H,5,7-8H2,1-3H3,(H,17,19). The number of carbonyl (C=O) groups excluding carboxylic acids is 1. The molecule has 0 aliphatic heterocycles. The Morgan fingerprint density at radius 1 is 1.26 bits per heavy atom. The zero-order chi connectivity index (χ0) is 14.0. The van der Waals surface area contributed by atoms with Crippen LogP contribution in [0.3, 0.4) is 0 Å². The van der Waals surface area contributed by atoms with Gasteiger partial charge in [-0.15, -0.1) is 0 Å². The van der Waals surface area contributed by atoms with Gasteiger partial charge in [-0.1, -0.05) is 19.9 Å². The Bertz CT molecular complexity index is 470. The number of phenolic OH excluding ortho intramolecular Hbond substituents is 1. The Labute approximate surface area is 115 Å². The average Bonchev–Trinajstić information content (AvgIpc) is 2.37. The fraction of sp³-hybridized carbons (Fsp3) is 0.562. The van der Waals surface area contributed by atoms with E-state index in [0.29, 0.717) is 11.5 Å². The molecule has 0 radical (unpaired) electrons. The fourth-order valence-corrected chi connectivity index (χ4v) is 2.70. The number of aryl methyl sites for hydroxylation is 1. The molecule has 1 aliphatic carbocycles. The molecule has 0 aromatic heterocycles. The van der Waals surface area contributed by atoms with Crippen LogP contribution >= 0.6 is 0 Å². The zero-order valence-electron chi connectivity index (χ0n) is 11.9. The molecular weight excluding hydrogens is 238 g/mol. The van der Waals surface area contributed by atoms with E-state index in [-0.39, 0.29) is 17.7 Å². The molecule has 3 atom stereocenters. The first kappa shape index (κ1) is 13.9. The normalized spacial score (nSPS) is 27.0. The topological polar surface area (TPSA) is 49.3 Å². The van der Waals surface area contributed by atoms with Crippen molar-refractivity contribution in [3.8, 4) is 5.75 Å². The summed E-state index contributed by atoms with van der Waals surface area (Å²) in [6.07, 6.45) is 3.27. The van der Waals surface area contributed by atoms with Crippen LogP contribution in [0.5, 0.6) is 5.75 Å². The average molecular weight is 261 g/mol. The summed E-state index contributed by atoms with van der Waals surface area (Å²) in [5.41, 5.74) is 1.33. The molecule has 2 N–H and O–H groups in total. The van der Waals surface area contributed by atoms with Crippen molar-refractivity contribution in [2.45, 2.75) is 46.1 Å². The largest absolute Gasteiger partial charge is 0.508 e. The van der Waals surface area contributed by atoms with E-state index < -0.39 is 0 Å². The van der Waals surface area contributed by atoms with E-state index in [9.17, 15) is 9.90 Å². The lowest BCUT2D eigenvalue weighted by Crippen LogP contribution is -2.39. The smallest absolute Gasteiger partial charge is 0.251 e. The predicted molar refractivity (Wildman–Crippen MR) is 76.3 cm³/mol. The minimum absolute atomic E-state index is 0.0814. The van der Waals surface area contributed by atoms with E-state index in [0.717, 1.165) is 24.3 Å². The fourth-order valence-electron chi connectivity index (χ4n) is 2.70. The van der Waals surface area contributed by atoms with Crippen molar-refractivity contribution >= 4 is 5.91 Å². The summed E-state index contributed by atoms with van der Waals surface area (Å²) in [5.74, 6) is 1.50. The number of rotatable bonds is 2. The molecule has 19 heavy (non-hydrogen) atoms. The SMILES string of the molecule is Cc1ccc(C(=O)NC2CCC(C)C(C)C2)cc1O. The summed E-state index contributed by atoms with van der Waals surface area (Å²) in [5, 5.41) is 12.7. The summed E-state index contributed by atoms with van der Waals surface area (Å²) in [6.45, 7) is 6.35. The molecule has 2 rings (SSSR count). The molecule has 1 fully saturated rings. The van der Waals surface area contributed by atoms with Crippen molar-refractivity contribution in [3.63, 3.8) is 0 Å². The van der Waals surface area contributed by atoms with Crippen LogP contribution in [0.25, 0.3) is 0 Å². The number of benzene rings is 1. The number of carbonyl (C=O) groups is 1. The number of hydrogen-bond acceptors (Lipinski definition) is 2. The maximum atomic E-state index is 12.1. The molecular formula is C16H23NO2. The monoisotopic (exact) mass is 261 g/mol. The van der Waals surface area contributed by atoms with Crippen LogP contribution in [-0.2, 0) is 0 Å². The van der Waals surface area contributed by atoms with Crippen LogP contribution in [0.2, 0.25) is 0 Å². The molecule has 1 saturated carbocycles. The third kappa shape index (κ3) is 3.28. The van der Waals surface area contributed by atoms with Gasteiger partial charge in [0.2, 0.25) is 0 Å². The first-order valence-corrected chi connectivity index (χ1v) is 7.08. The van der Waals surface area contributed by atoms with E-state index in [1.165, 1.54) is 6.42 Å². The lowest BCUT2D eigenvalue weighted by atomic mass is 9.79. The Balaban J connectivity index is 1.99. The first-order chi connectivity index (χ1) is 8.97. The van der Waals surface area contributed by atoms with Gasteiger partial charge in [-0.05, 0) is 55.7 Å². The number of nitrogens with one attached hydrogen (secondary N) is 1. The Morgan fingerprint density at radius 3 is 2.63 bits per heavy atom. The zero-order valence-corrected chi connectivity index (χ0v) is 11.9. The lowest BCUT2D eigenvalue weighted by molar-refractivity contribution is 0.0910. The van der Waals surface area contributed by atoms with Crippen molar-refractivity contribution in [2.24, 2.45) is 11.8 Å². The van der Waals surface area contributed by atoms with Crippen molar-refractivity contribution in [1.29, 1.82) is 0 Å². The molecule has 1 aromatic rings. The molecule has 0 saturated heterocycles. The summed E-state index contributed by atoms with van der Waals surface area (Å²) >= 11 is 0. The Hall–Kier alpha value is -1.51. The molecule has 104 valence electrons. The number of phenols is 1. The van der Waals surface area contributed by atoms with Gasteiger partial charge in [-0.25, -0.2) is 0 Å². The molecule has 0 heterocycles. The molecule has 0 bridgehead atoms. The molecule has 3 heteroatoms. The van der Waals surface area contributed by atoms with Gasteiger partial charge in [0.25, 0.3) is 5.91 Å². The molecule has 3 unspecified atom stereocenters. The second-order valence-corrected chi connectivity index (χ2v) is 5.94. The maximum Gasteiger partial charge on any atom is 0.251 e. The highest BCUT2D eigenvalue weighted by Gasteiger charge is 2.25. The van der Waals surface area contributed by atoms with E-state index in [1.54, 1.807) is 18.2 Å². The van der Waals surface area contributed by atoms with Gasteiger partial charge in [0.15, 0.2) is 0 Å². The number of amides is 1. The first-order valence-electron chi connectivity index (χ1n) is 7.08. The maximum absolute atomic E-state index is 12.1. The van der Waals surface area contributed by atoms with E-state index in [2.05, 4.69) is 19.2 Å². The summed E-state index contributed by atoms with van der Waals surface area (Å²) in [6, 6.07) is 5.34. The highest BCUT2D eigenvalue weighted by atomic mass is 16.3. The minimum atomic E-state index is -0.0814. The van der Waals surface area contributed by atoms with E-state index in [1.807, 2.05) is 6.92 Å². The van der Waals surface area contributed by atoms with Gasteiger partial charge >= 0.3 is 0 Å². The Kier molecular flexibility index (Phi) is 4.13. The third-order valence-corrected chi connectivity index (χ3v) is 4.40. The van der Waals surface area contributed by atoms with Crippen LogP contribution in [0.1, 0.15) is 49.0 Å². The van der Waals surface area contributed by atoms with E-state index in [4.69, 9.17) is 0 Å². The summed E-state index contributed by atoms with van der Waals surface area (Å²) in [4.78, 5) is 12.1. The van der Waals surface area contributed by atoms with Crippen LogP contribution in [0.15, 0.2) is 18.2 Å². The van der Waals surface area contributed by atoms with Crippen LogP contribution < -0.4 is 5.32 Å². The summed E-state index contributed by atoms with van der Waals surface area (Å²) in [7, 11) is 0. The molecule has 1 amide bonds. The van der Waals surface area contributed by atoms with Gasteiger partial charge < -0.3 is 10.4 Å². The van der Waals surface area contributed by atoms with Gasteiger partial charge in [-0.2, -0.15) is 0 Å². The third-order valence-electron chi connectivity index (χ3n) is 4.40. The quantitative estimate of drug-likeness (QED) is 0.858. The second kappa shape index (κ2) is 5.64. The Morgan fingerprint density at radius 2 is 2.00 bits per heavy atom. The van der Waals surface area contributed by atoms with Crippen molar-refractivity contribution in [3.05, 3.63) is 29.3 Å². The van der Waals surface area contributed by atoms with E-state index >= 15 is 0 Å². The predicted octanol–water partition coefficient (Wildman–Crippen LogP) is 3.26. The second-order valence-electron chi connectivity index (χ2n) is 5.94. The van der Waals surface area contributed by atoms with Gasteiger partial charge in [0.05, 0.1) is 0 Å². The molecule has 3 nitrogen and oxygen atoms in total. The number of hydrogen-bond donors (Lipinski definition) is 2. The summed E-state index contributed by atoms with van der Waals surface area (Å²) < 4.78 is 0. The van der Waals surface area contributed by atoms with Gasteiger partial charge in [-0.3, -0.25) is 4.79 Å². The highest BCUT2D eigenvalue weighted by Crippen LogP contribution is 2.29. The van der Waals surface area contributed by atoms with Gasteiger partial charge in [0, 0.05) is 11.6 Å². The van der Waals surface area contributed by atoms with Crippen LogP contribution in [0.4, 0.5) is 0 Å².